The lowest BCUT2D eigenvalue weighted by molar-refractivity contribution is -0.137. The first-order valence-electron chi connectivity index (χ1n) is 5.98. The van der Waals surface area contributed by atoms with Crippen molar-refractivity contribution in [3.8, 4) is 0 Å². The van der Waals surface area contributed by atoms with Gasteiger partial charge < -0.3 is 10.4 Å². The van der Waals surface area contributed by atoms with Gasteiger partial charge in [0.05, 0.1) is 11.1 Å². The van der Waals surface area contributed by atoms with Crippen molar-refractivity contribution in [1.29, 1.82) is 0 Å². The van der Waals surface area contributed by atoms with Crippen LogP contribution in [0.2, 0.25) is 0 Å². The van der Waals surface area contributed by atoms with Gasteiger partial charge in [-0.15, -0.1) is 0 Å². The molecule has 0 radical (unpaired) electrons. The fourth-order valence-corrected chi connectivity index (χ4v) is 2.53. The summed E-state index contributed by atoms with van der Waals surface area (Å²) >= 11 is 0.796. The van der Waals surface area contributed by atoms with Gasteiger partial charge in [-0.25, -0.2) is 4.79 Å². The molecule has 10 heteroatoms. The molecule has 3 N–H and O–H groups in total. The summed E-state index contributed by atoms with van der Waals surface area (Å²) in [5.74, 6) is -2.02. The van der Waals surface area contributed by atoms with E-state index < -0.39 is 29.2 Å². The van der Waals surface area contributed by atoms with E-state index in [2.05, 4.69) is 15.5 Å². The third-order valence-electron chi connectivity index (χ3n) is 2.74. The zero-order valence-corrected chi connectivity index (χ0v) is 11.7. The van der Waals surface area contributed by atoms with Crippen molar-refractivity contribution >= 4 is 23.2 Å². The van der Waals surface area contributed by atoms with Crippen molar-refractivity contribution in [2.45, 2.75) is 12.6 Å². The van der Waals surface area contributed by atoms with Gasteiger partial charge in [0.25, 0.3) is 5.91 Å². The number of nitrogens with one attached hydrogen (secondary N) is 2. The predicted molar refractivity (Wildman–Crippen MR) is 70.9 cm³/mol. The van der Waals surface area contributed by atoms with Gasteiger partial charge >= 0.3 is 12.1 Å². The number of aromatic carboxylic acids is 1. The van der Waals surface area contributed by atoms with Crippen LogP contribution in [0.3, 0.4) is 0 Å². The maximum absolute atomic E-state index is 12.7. The van der Waals surface area contributed by atoms with Crippen LogP contribution in [0.15, 0.2) is 16.8 Å². The minimum absolute atomic E-state index is 0.0488. The molecular weight excluding hydrogens is 323 g/mol. The maximum Gasteiger partial charge on any atom is 0.417 e. The Bertz CT molecular complexity index is 693. The summed E-state index contributed by atoms with van der Waals surface area (Å²) in [6.45, 7) is 0.0488. The Kier molecular flexibility index (Phi) is 4.50. The summed E-state index contributed by atoms with van der Waals surface area (Å²) in [6.07, 6.45) is -4.36. The number of carboxylic acid groups (broad SMARTS) is 1. The van der Waals surface area contributed by atoms with Gasteiger partial charge in [-0.3, -0.25) is 9.89 Å². The number of hydrogen-bond acceptors (Lipinski definition) is 4. The van der Waals surface area contributed by atoms with E-state index in [1.165, 1.54) is 6.07 Å². The van der Waals surface area contributed by atoms with E-state index in [0.717, 1.165) is 22.1 Å². The highest BCUT2D eigenvalue weighted by atomic mass is 32.1. The molecule has 0 bridgehead atoms. The average molecular weight is 333 g/mol. The van der Waals surface area contributed by atoms with Crippen molar-refractivity contribution in [2.24, 2.45) is 0 Å². The van der Waals surface area contributed by atoms with Crippen LogP contribution in [0.1, 0.15) is 32.1 Å². The van der Waals surface area contributed by atoms with Crippen molar-refractivity contribution in [2.75, 3.05) is 6.54 Å². The van der Waals surface area contributed by atoms with E-state index in [9.17, 15) is 22.8 Å². The number of amides is 1. The summed E-state index contributed by atoms with van der Waals surface area (Å²) in [6, 6.07) is 1.29. The Morgan fingerprint density at radius 1 is 1.36 bits per heavy atom. The van der Waals surface area contributed by atoms with Crippen LogP contribution in [0.5, 0.6) is 0 Å². The molecule has 0 aromatic carbocycles. The number of aromatic amines is 1. The van der Waals surface area contributed by atoms with E-state index in [4.69, 9.17) is 5.11 Å². The molecule has 0 unspecified atom stereocenters. The van der Waals surface area contributed by atoms with Gasteiger partial charge in [-0.2, -0.15) is 29.6 Å². The van der Waals surface area contributed by atoms with Gasteiger partial charge in [0.2, 0.25) is 0 Å². The monoisotopic (exact) mass is 333 g/mol. The largest absolute Gasteiger partial charge is 0.476 e. The summed E-state index contributed by atoms with van der Waals surface area (Å²) < 4.78 is 38.0. The number of aromatic nitrogens is 2. The number of carbonyl (C=O) groups excluding carboxylic acids is 1. The third-order valence-corrected chi connectivity index (χ3v) is 3.49. The Balaban J connectivity index is 1.93. The van der Waals surface area contributed by atoms with Crippen LogP contribution in [0, 0.1) is 0 Å². The molecule has 0 aliphatic rings. The Morgan fingerprint density at radius 3 is 2.68 bits per heavy atom. The van der Waals surface area contributed by atoms with Crippen LogP contribution in [0.25, 0.3) is 0 Å². The fourth-order valence-electron chi connectivity index (χ4n) is 1.70. The number of nitrogens with zero attached hydrogens (tertiary/aromatic N) is 1. The molecule has 0 atom stereocenters. The molecule has 118 valence electrons. The number of alkyl halides is 3. The normalized spacial score (nSPS) is 11.4. The molecule has 0 spiro atoms. The number of H-pyrrole nitrogens is 1. The molecule has 2 aromatic rings. The van der Waals surface area contributed by atoms with Crippen LogP contribution >= 0.6 is 11.3 Å². The Hall–Kier alpha value is -2.36. The molecule has 2 aromatic heterocycles. The van der Waals surface area contributed by atoms with Gasteiger partial charge in [0.1, 0.15) is 0 Å². The number of rotatable bonds is 5. The van der Waals surface area contributed by atoms with Crippen LogP contribution in [-0.2, 0) is 12.6 Å². The highest BCUT2D eigenvalue weighted by molar-refractivity contribution is 7.08. The Labute approximate surface area is 126 Å². The second kappa shape index (κ2) is 6.18. The highest BCUT2D eigenvalue weighted by Crippen LogP contribution is 2.34. The molecule has 2 rings (SSSR count). The fraction of sp³-hybridized carbons (Fsp3) is 0.250. The Morgan fingerprint density at radius 2 is 2.09 bits per heavy atom. The molecule has 2 heterocycles. The quantitative estimate of drug-likeness (QED) is 0.781. The molecule has 22 heavy (non-hydrogen) atoms. The molecule has 1 amide bonds. The molecule has 0 aliphatic heterocycles. The molecular formula is C12H10F3N3O3S. The zero-order valence-electron chi connectivity index (χ0n) is 10.9. The van der Waals surface area contributed by atoms with Crippen LogP contribution < -0.4 is 5.32 Å². The van der Waals surface area contributed by atoms with Gasteiger partial charge in [0, 0.05) is 29.4 Å². The van der Waals surface area contributed by atoms with Crippen molar-refractivity contribution in [1.82, 2.24) is 15.5 Å². The molecule has 0 fully saturated rings. The van der Waals surface area contributed by atoms with Gasteiger partial charge in [0.15, 0.2) is 5.69 Å². The zero-order chi connectivity index (χ0) is 16.3. The van der Waals surface area contributed by atoms with Crippen LogP contribution in [0.4, 0.5) is 13.2 Å². The molecule has 6 nitrogen and oxygen atoms in total. The number of hydrogen-bond donors (Lipinski definition) is 3. The molecule has 0 aliphatic carbocycles. The van der Waals surface area contributed by atoms with Crippen molar-refractivity contribution in [3.05, 3.63) is 39.3 Å². The van der Waals surface area contributed by atoms with E-state index in [1.54, 1.807) is 0 Å². The second-order valence-electron chi connectivity index (χ2n) is 4.29. The van der Waals surface area contributed by atoms with E-state index in [0.29, 0.717) is 5.69 Å². The first-order valence-corrected chi connectivity index (χ1v) is 6.92. The highest BCUT2D eigenvalue weighted by Gasteiger charge is 2.35. The van der Waals surface area contributed by atoms with Crippen molar-refractivity contribution in [3.63, 3.8) is 0 Å². The summed E-state index contributed by atoms with van der Waals surface area (Å²) in [5, 5.41) is 19.1. The lowest BCUT2D eigenvalue weighted by atomic mass is 10.2. The lowest BCUT2D eigenvalue weighted by Gasteiger charge is -2.08. The van der Waals surface area contributed by atoms with Crippen LogP contribution in [-0.4, -0.2) is 33.7 Å². The van der Waals surface area contributed by atoms with E-state index in [-0.39, 0.29) is 18.7 Å². The average Bonchev–Trinajstić information content (AvgIpc) is 3.06. The molecule has 0 saturated carbocycles. The predicted octanol–water partition coefficient (Wildman–Crippen LogP) is 2.16. The first kappa shape index (κ1) is 16.0. The molecule has 0 saturated heterocycles. The van der Waals surface area contributed by atoms with Gasteiger partial charge in [-0.05, 0) is 6.07 Å². The van der Waals surface area contributed by atoms with Gasteiger partial charge in [-0.1, -0.05) is 0 Å². The van der Waals surface area contributed by atoms with E-state index >= 15 is 0 Å². The minimum Gasteiger partial charge on any atom is -0.476 e. The standard InChI is InChI=1S/C12H10F3N3O3S/c13-12(14,15)8-5-22-4-7(8)10(19)16-2-1-6-3-9(11(20)21)18-17-6/h3-5H,1-2H2,(H,16,19)(H,17,18)(H,20,21). The first-order chi connectivity index (χ1) is 10.3. The number of carbonyl (C=O) groups is 2. The lowest BCUT2D eigenvalue weighted by Crippen LogP contribution is -2.27. The summed E-state index contributed by atoms with van der Waals surface area (Å²) in [7, 11) is 0. The smallest absolute Gasteiger partial charge is 0.417 e. The van der Waals surface area contributed by atoms with E-state index in [1.807, 2.05) is 0 Å². The maximum atomic E-state index is 12.7. The number of carboxylic acids is 1. The number of halogens is 3. The number of thiophene rings is 1. The van der Waals surface area contributed by atoms with Crippen molar-refractivity contribution < 1.29 is 27.9 Å². The SMILES string of the molecule is O=C(O)c1cc(CCNC(=O)c2cscc2C(F)(F)F)[nH]n1. The second-order valence-corrected chi connectivity index (χ2v) is 5.03. The minimum atomic E-state index is -4.58. The topological polar surface area (TPSA) is 95.1 Å². The third kappa shape index (κ3) is 3.64. The summed E-state index contributed by atoms with van der Waals surface area (Å²) in [4.78, 5) is 22.4. The summed E-state index contributed by atoms with van der Waals surface area (Å²) in [5.41, 5.74) is -1.10.